The Morgan fingerprint density at radius 3 is 2.49 bits per heavy atom. The van der Waals surface area contributed by atoms with Gasteiger partial charge in [-0.3, -0.25) is 37.2 Å². The van der Waals surface area contributed by atoms with Crippen LogP contribution in [-0.2, 0) is 36.7 Å². The lowest BCUT2D eigenvalue weighted by Crippen LogP contribution is -2.35. The Balaban J connectivity index is 1.20. The molecule has 0 radical (unpaired) electrons. The summed E-state index contributed by atoms with van der Waals surface area (Å²) in [5.74, 6) is -0.639. The first-order valence-corrected chi connectivity index (χ1v) is 16.4. The van der Waals surface area contributed by atoms with Crippen molar-refractivity contribution >= 4 is 62.2 Å². The number of alkyl halides is 1. The van der Waals surface area contributed by atoms with Gasteiger partial charge in [0.1, 0.15) is 35.9 Å². The van der Waals surface area contributed by atoms with E-state index in [-0.39, 0.29) is 40.8 Å². The zero-order chi connectivity index (χ0) is 31.8. The topological polar surface area (TPSA) is 300 Å². The number of anilines is 1. The van der Waals surface area contributed by atoms with Gasteiger partial charge in [-0.05, 0) is 0 Å². The van der Waals surface area contributed by atoms with E-state index in [0.717, 1.165) is 15.6 Å². The number of rotatable bonds is 2. The number of aliphatic imine (C=N–C) groups is 1. The van der Waals surface area contributed by atoms with Gasteiger partial charge in [-0.25, -0.2) is 19.1 Å². The number of nitrogens with zero attached hydrogens (tertiary/aromatic N) is 7. The number of nitrogens with two attached hydrogens (primary N) is 1. The number of imidazole rings is 1. The van der Waals surface area contributed by atoms with Gasteiger partial charge >= 0.3 is 15.6 Å². The van der Waals surface area contributed by atoms with Crippen molar-refractivity contribution in [3.05, 3.63) is 22.4 Å². The van der Waals surface area contributed by atoms with Gasteiger partial charge in [0.2, 0.25) is 5.95 Å². The number of aromatic nitrogens is 7. The Morgan fingerprint density at radius 2 is 1.73 bits per heavy atom. The number of hydrogen-bond acceptors (Lipinski definition) is 17. The van der Waals surface area contributed by atoms with Crippen molar-refractivity contribution in [2.75, 3.05) is 18.9 Å². The minimum absolute atomic E-state index is 0.00171. The van der Waals surface area contributed by atoms with Crippen LogP contribution in [-0.4, -0.2) is 111 Å². The molecule has 0 aliphatic carbocycles. The van der Waals surface area contributed by atoms with Crippen LogP contribution in [0, 0.1) is 0 Å². The number of fused-ring (bicyclic) bond motifs is 5. The number of carbonyl (C=O) groups excluding carboxylic acids is 1. The highest BCUT2D eigenvalue weighted by Crippen LogP contribution is 2.54. The summed E-state index contributed by atoms with van der Waals surface area (Å²) in [6, 6.07) is 0. The summed E-state index contributed by atoms with van der Waals surface area (Å²) in [4.78, 5) is 60.1. The molecule has 0 amide bonds. The predicted octanol–water partition coefficient (Wildman–Crippen LogP) is -0.937. The lowest BCUT2D eigenvalue weighted by Gasteiger charge is -2.25. The first-order chi connectivity index (χ1) is 21.3. The van der Waals surface area contributed by atoms with E-state index in [0.29, 0.717) is 0 Å². The molecule has 2 bridgehead atoms. The highest BCUT2D eigenvalue weighted by molar-refractivity contribution is 7.47. The largest absolute Gasteiger partial charge is 0.472 e. The summed E-state index contributed by atoms with van der Waals surface area (Å²) in [5.41, 5.74) is 4.60. The molecule has 3 fully saturated rings. The van der Waals surface area contributed by atoms with Crippen LogP contribution in [0.3, 0.4) is 0 Å². The average Bonchev–Trinajstić information content (AvgIpc) is 3.72. The number of carbonyl (C=O) groups is 1. The van der Waals surface area contributed by atoms with Crippen LogP contribution in [0.15, 0.2) is 16.1 Å². The number of Topliss-reactive ketones (excluding diaryl/α,β-unsaturated/α-hetero) is 1. The smallest absolute Gasteiger partial charge is 0.387 e. The third-order valence-electron chi connectivity index (χ3n) is 7.28. The highest BCUT2D eigenvalue weighted by Gasteiger charge is 2.54. The van der Waals surface area contributed by atoms with E-state index in [9.17, 15) is 33.6 Å². The molecule has 7 rings (SSSR count). The van der Waals surface area contributed by atoms with Gasteiger partial charge in [0, 0.05) is 12.6 Å². The summed E-state index contributed by atoms with van der Waals surface area (Å²) in [5, 5.41) is 17.4. The Kier molecular flexibility index (Phi) is 7.55. The zero-order valence-corrected chi connectivity index (χ0v) is 24.8. The Hall–Kier alpha value is -2.98. The third-order valence-corrected chi connectivity index (χ3v) is 9.72. The Morgan fingerprint density at radius 1 is 1.04 bits per heavy atom. The average molecular weight is 694 g/mol. The van der Waals surface area contributed by atoms with Crippen molar-refractivity contribution < 1.29 is 56.4 Å². The molecule has 3 aromatic rings. The fourth-order valence-corrected chi connectivity index (χ4v) is 7.61. The van der Waals surface area contributed by atoms with Gasteiger partial charge in [-0.2, -0.15) is 9.67 Å². The van der Waals surface area contributed by atoms with Crippen molar-refractivity contribution in [3.8, 4) is 0 Å². The number of phosphoric acid groups is 2. The molecule has 0 spiro atoms. The quantitative estimate of drug-likeness (QED) is 0.160. The van der Waals surface area contributed by atoms with Crippen LogP contribution < -0.4 is 11.3 Å². The van der Waals surface area contributed by atoms with E-state index in [1.807, 2.05) is 0 Å². The molecule has 3 aromatic heterocycles. The number of aliphatic hydroxyl groups is 1. The molecule has 7 heterocycles. The van der Waals surface area contributed by atoms with E-state index < -0.39 is 82.8 Å². The molecule has 45 heavy (non-hydrogen) atoms. The zero-order valence-electron chi connectivity index (χ0n) is 22.3. The molecule has 25 heteroatoms. The fraction of sp³-hybridized carbons (Fsp3) is 0.550. The van der Waals surface area contributed by atoms with Crippen LogP contribution in [0.4, 0.5) is 11.8 Å². The highest BCUT2D eigenvalue weighted by atomic mass is 35.5. The second kappa shape index (κ2) is 11.1. The Labute approximate surface area is 254 Å². The third kappa shape index (κ3) is 5.45. The maximum atomic E-state index is 13.2. The molecule has 6 N–H and O–H groups in total. The van der Waals surface area contributed by atoms with E-state index in [1.165, 1.54) is 6.21 Å². The summed E-state index contributed by atoms with van der Waals surface area (Å²) >= 11 is 6.58. The van der Waals surface area contributed by atoms with Gasteiger partial charge < -0.3 is 30.1 Å². The molecule has 0 saturated carbocycles. The van der Waals surface area contributed by atoms with Crippen molar-refractivity contribution in [1.29, 1.82) is 0 Å². The second-order valence-electron chi connectivity index (χ2n) is 10.2. The van der Waals surface area contributed by atoms with Crippen LogP contribution in [0.2, 0.25) is 0 Å². The maximum absolute atomic E-state index is 13.2. The monoisotopic (exact) mass is 693 g/mol. The number of halogens is 1. The molecular formula is C20H22ClN9O13P2. The molecule has 2 unspecified atom stereocenters. The van der Waals surface area contributed by atoms with Gasteiger partial charge in [0.05, 0.1) is 19.5 Å². The van der Waals surface area contributed by atoms with Gasteiger partial charge in [-0.15, -0.1) is 16.7 Å². The molecule has 10 atom stereocenters. The number of ketones is 1. The first-order valence-electron chi connectivity index (χ1n) is 13.0. The number of nitrogens with one attached hydrogen (secondary N) is 1. The number of aliphatic hydroxyl groups excluding tert-OH is 1. The molecule has 0 aromatic carbocycles. The van der Waals surface area contributed by atoms with Gasteiger partial charge in [-0.1, -0.05) is 5.21 Å². The number of aromatic amines is 1. The predicted molar refractivity (Wildman–Crippen MR) is 144 cm³/mol. The van der Waals surface area contributed by atoms with E-state index in [1.54, 1.807) is 0 Å². The standard InChI is InChI=1S/C20H22ClN9O13P2/c21-9-13-8(41-18(9)30-15-10(27-28-30)6(31)1-2-23-15)4-39-45(36,37)43-14-12(32)7(3-38-44(34,35)42-13)40-19(14)29-5-24-11-16(29)25-20(22)26-17(11)33/h2,5,7-9,12-14,18-19,32H,1,3-4H2,(H,34,35)(H,36,37)(H3,22,25,26,33)/t7-,8-,9+,12-,13-,14-,18-,19-/m1/s1. The Bertz CT molecular complexity index is 1870. The normalized spacial score (nSPS) is 38.8. The molecule has 242 valence electrons. The van der Waals surface area contributed by atoms with E-state index in [4.69, 9.17) is 44.9 Å². The lowest BCUT2D eigenvalue weighted by molar-refractivity contribution is -0.0685. The van der Waals surface area contributed by atoms with Crippen LogP contribution >= 0.6 is 27.2 Å². The van der Waals surface area contributed by atoms with Crippen molar-refractivity contribution in [2.45, 2.75) is 54.8 Å². The summed E-state index contributed by atoms with van der Waals surface area (Å²) in [6.45, 7) is -1.61. The number of nitrogen functional groups attached to an aromatic ring is 1. The molecule has 22 nitrogen and oxygen atoms in total. The fourth-order valence-electron chi connectivity index (χ4n) is 5.25. The minimum Gasteiger partial charge on any atom is -0.387 e. The molecule has 3 saturated heterocycles. The second-order valence-corrected chi connectivity index (χ2v) is 13.5. The molecule has 4 aliphatic heterocycles. The summed E-state index contributed by atoms with van der Waals surface area (Å²) < 4.78 is 61.0. The van der Waals surface area contributed by atoms with Gasteiger partial charge in [0.25, 0.3) is 5.56 Å². The van der Waals surface area contributed by atoms with Crippen LogP contribution in [0.1, 0.15) is 29.4 Å². The van der Waals surface area contributed by atoms with Crippen molar-refractivity contribution in [1.82, 2.24) is 34.5 Å². The maximum Gasteiger partial charge on any atom is 0.472 e. The lowest BCUT2D eigenvalue weighted by atomic mass is 10.1. The van der Waals surface area contributed by atoms with Crippen molar-refractivity contribution in [3.63, 3.8) is 0 Å². The van der Waals surface area contributed by atoms with Crippen molar-refractivity contribution in [2.24, 2.45) is 4.99 Å². The number of ether oxygens (including phenoxy) is 2. The first kappa shape index (κ1) is 30.7. The number of H-pyrrole nitrogens is 1. The number of hydrogen-bond donors (Lipinski definition) is 5. The van der Waals surface area contributed by atoms with E-state index in [2.05, 4.69) is 30.3 Å². The number of phosphoric ester groups is 2. The van der Waals surface area contributed by atoms with Gasteiger partial charge in [0.15, 0.2) is 40.9 Å². The van der Waals surface area contributed by atoms with Crippen LogP contribution in [0.25, 0.3) is 11.2 Å². The summed E-state index contributed by atoms with van der Waals surface area (Å²) in [7, 11) is -10.1. The van der Waals surface area contributed by atoms with E-state index >= 15 is 0 Å². The SMILES string of the molecule is Nc1nc2c(ncn2[C@@H]2O[C@@H]3COP(=O)(O)O[C@H]4[C@H](Cl)[C@H](n5nnc6c5N=CCC6=O)O[C@@H]4COP(=O)(O)O[C@@H]2[C@@H]3O)c(=O)[nH]1. The molecular weight excluding hydrogens is 672 g/mol. The summed E-state index contributed by atoms with van der Waals surface area (Å²) in [6.07, 6.45) is -8.26. The minimum atomic E-state index is -5.10. The molecule has 4 aliphatic rings. The van der Waals surface area contributed by atoms with Crippen LogP contribution in [0.5, 0.6) is 0 Å².